The smallest absolute Gasteiger partial charge is 0.221 e. The minimum Gasteiger partial charge on any atom is -0.279 e. The van der Waals surface area contributed by atoms with Crippen LogP contribution >= 0.6 is 0 Å². The second kappa shape index (κ2) is 8.01. The third-order valence-electron chi connectivity index (χ3n) is 8.08. The van der Waals surface area contributed by atoms with Crippen molar-refractivity contribution in [1.29, 1.82) is 0 Å². The maximum Gasteiger partial charge on any atom is 0.221 e. The zero-order valence-corrected chi connectivity index (χ0v) is 21.5. The second-order valence-electron chi connectivity index (χ2n) is 10.3. The summed E-state index contributed by atoms with van der Waals surface area (Å²) in [5, 5.41) is 5.95. The molecule has 0 bridgehead atoms. The van der Waals surface area contributed by atoms with Crippen LogP contribution in [0.3, 0.4) is 0 Å². The van der Waals surface area contributed by atoms with Crippen molar-refractivity contribution in [3.05, 3.63) is 133 Å². The van der Waals surface area contributed by atoms with E-state index in [1.54, 1.807) is 0 Å². The van der Waals surface area contributed by atoms with Gasteiger partial charge >= 0.3 is 0 Å². The Labute approximate surface area is 229 Å². The first kappa shape index (κ1) is 21.5. The molecule has 4 heteroatoms. The summed E-state index contributed by atoms with van der Waals surface area (Å²) in [7, 11) is 0. The van der Waals surface area contributed by atoms with Crippen molar-refractivity contribution in [2.24, 2.45) is 0 Å². The standard InChI is InChI=1S/C36H22N4/c1-2-10-24-21-25(18-17-23(24)9-1)26-19-20-33-29(22-26)27-11-4-7-15-32(27)39(33)36-38-30-13-5-3-12-28(30)35-37-31-14-6-8-16-34(31)40(35)36/h1-22H. The fourth-order valence-corrected chi connectivity index (χ4v) is 6.21. The Balaban J connectivity index is 1.39. The quantitative estimate of drug-likeness (QED) is 0.233. The number of benzene rings is 6. The molecule has 186 valence electrons. The predicted octanol–water partition coefficient (Wildman–Crippen LogP) is 8.95. The van der Waals surface area contributed by atoms with Gasteiger partial charge in [0.05, 0.1) is 27.6 Å². The van der Waals surface area contributed by atoms with E-state index < -0.39 is 0 Å². The molecule has 3 heterocycles. The van der Waals surface area contributed by atoms with Gasteiger partial charge in [-0.3, -0.25) is 8.97 Å². The van der Waals surface area contributed by atoms with Crippen LogP contribution in [0.4, 0.5) is 0 Å². The van der Waals surface area contributed by atoms with E-state index in [4.69, 9.17) is 9.97 Å². The van der Waals surface area contributed by atoms with Crippen LogP contribution in [0.5, 0.6) is 0 Å². The molecule has 9 aromatic rings. The van der Waals surface area contributed by atoms with Crippen molar-refractivity contribution in [3.63, 3.8) is 0 Å². The molecule has 0 aliphatic carbocycles. The Morgan fingerprint density at radius 1 is 0.425 bits per heavy atom. The molecular weight excluding hydrogens is 488 g/mol. The first-order chi connectivity index (χ1) is 19.8. The van der Waals surface area contributed by atoms with E-state index >= 15 is 0 Å². The molecule has 0 saturated carbocycles. The van der Waals surface area contributed by atoms with Crippen molar-refractivity contribution in [2.45, 2.75) is 0 Å². The van der Waals surface area contributed by atoms with Crippen molar-refractivity contribution in [2.75, 3.05) is 0 Å². The minimum atomic E-state index is 0.840. The van der Waals surface area contributed by atoms with Crippen LogP contribution in [-0.4, -0.2) is 18.9 Å². The summed E-state index contributed by atoms with van der Waals surface area (Å²) in [6, 6.07) is 47.2. The molecule has 6 aromatic carbocycles. The molecule has 3 aromatic heterocycles. The van der Waals surface area contributed by atoms with Gasteiger partial charge in [0, 0.05) is 16.2 Å². The highest BCUT2D eigenvalue weighted by Crippen LogP contribution is 2.36. The predicted molar refractivity (Wildman–Crippen MR) is 165 cm³/mol. The molecule has 0 radical (unpaired) electrons. The van der Waals surface area contributed by atoms with Gasteiger partial charge in [0.2, 0.25) is 5.95 Å². The van der Waals surface area contributed by atoms with Crippen molar-refractivity contribution < 1.29 is 0 Å². The maximum atomic E-state index is 5.27. The summed E-state index contributed by atoms with van der Waals surface area (Å²) in [5.41, 5.74) is 8.50. The molecule has 0 spiro atoms. The summed E-state index contributed by atoms with van der Waals surface area (Å²) in [5.74, 6) is 0.840. The lowest BCUT2D eigenvalue weighted by molar-refractivity contribution is 0.979. The number of fused-ring (bicyclic) bond motifs is 9. The molecule has 0 amide bonds. The summed E-state index contributed by atoms with van der Waals surface area (Å²) >= 11 is 0. The van der Waals surface area contributed by atoms with E-state index in [-0.39, 0.29) is 0 Å². The molecule has 0 aliphatic heterocycles. The van der Waals surface area contributed by atoms with Crippen LogP contribution in [-0.2, 0) is 0 Å². The first-order valence-electron chi connectivity index (χ1n) is 13.5. The number of nitrogens with zero attached hydrogens (tertiary/aromatic N) is 4. The van der Waals surface area contributed by atoms with E-state index in [2.05, 4.69) is 130 Å². The van der Waals surface area contributed by atoms with Crippen molar-refractivity contribution in [3.8, 4) is 17.1 Å². The molecule has 4 nitrogen and oxygen atoms in total. The van der Waals surface area contributed by atoms with Gasteiger partial charge in [-0.05, 0) is 70.4 Å². The van der Waals surface area contributed by atoms with Crippen LogP contribution < -0.4 is 0 Å². The van der Waals surface area contributed by atoms with E-state index in [1.165, 1.54) is 32.7 Å². The molecule has 0 saturated heterocycles. The zero-order chi connectivity index (χ0) is 26.2. The molecule has 9 rings (SSSR count). The third-order valence-corrected chi connectivity index (χ3v) is 8.08. The van der Waals surface area contributed by atoms with Crippen molar-refractivity contribution in [1.82, 2.24) is 18.9 Å². The summed E-state index contributed by atoms with van der Waals surface area (Å²) < 4.78 is 4.50. The molecule has 0 fully saturated rings. The molecule has 0 aliphatic rings. The number of hydrogen-bond acceptors (Lipinski definition) is 2. The van der Waals surface area contributed by atoms with Crippen LogP contribution in [0.25, 0.3) is 77.2 Å². The Kier molecular flexibility index (Phi) is 4.30. The van der Waals surface area contributed by atoms with Gasteiger partial charge < -0.3 is 0 Å². The monoisotopic (exact) mass is 510 g/mol. The van der Waals surface area contributed by atoms with E-state index in [9.17, 15) is 0 Å². The van der Waals surface area contributed by atoms with Crippen LogP contribution in [0.1, 0.15) is 0 Å². The summed E-state index contributed by atoms with van der Waals surface area (Å²) in [6.45, 7) is 0. The molecule has 40 heavy (non-hydrogen) atoms. The lowest BCUT2D eigenvalue weighted by Crippen LogP contribution is -2.06. The Hall–Kier alpha value is -5.48. The largest absolute Gasteiger partial charge is 0.279 e. The normalized spacial score (nSPS) is 12.0. The van der Waals surface area contributed by atoms with Gasteiger partial charge in [-0.25, -0.2) is 9.97 Å². The number of rotatable bonds is 2. The van der Waals surface area contributed by atoms with Crippen LogP contribution in [0, 0.1) is 0 Å². The van der Waals surface area contributed by atoms with E-state index in [0.29, 0.717) is 0 Å². The number of para-hydroxylation sites is 4. The third kappa shape index (κ3) is 2.96. The first-order valence-corrected chi connectivity index (χ1v) is 13.5. The highest BCUT2D eigenvalue weighted by molar-refractivity contribution is 6.11. The van der Waals surface area contributed by atoms with Gasteiger partial charge in [0.25, 0.3) is 0 Å². The fourth-order valence-electron chi connectivity index (χ4n) is 6.21. The average Bonchev–Trinajstić information content (AvgIpc) is 3.57. The molecule has 0 atom stereocenters. The highest BCUT2D eigenvalue weighted by Gasteiger charge is 2.20. The van der Waals surface area contributed by atoms with Gasteiger partial charge in [0.15, 0.2) is 0 Å². The minimum absolute atomic E-state index is 0.840. The SMILES string of the molecule is c1ccc2cc(-c3ccc4c(c3)c3ccccc3n4-c3nc4ccccc4c4nc5ccccc5n34)ccc2c1. The lowest BCUT2D eigenvalue weighted by atomic mass is 9.99. The summed E-state index contributed by atoms with van der Waals surface area (Å²) in [4.78, 5) is 10.3. The topological polar surface area (TPSA) is 35.1 Å². The van der Waals surface area contributed by atoms with Crippen LogP contribution in [0.2, 0.25) is 0 Å². The summed E-state index contributed by atoms with van der Waals surface area (Å²) in [6.07, 6.45) is 0. The van der Waals surface area contributed by atoms with Gasteiger partial charge in [-0.2, -0.15) is 0 Å². The molecule has 0 N–H and O–H groups in total. The Morgan fingerprint density at radius 2 is 1.07 bits per heavy atom. The van der Waals surface area contributed by atoms with Crippen molar-refractivity contribution >= 4 is 60.2 Å². The molecular formula is C36H22N4. The lowest BCUT2D eigenvalue weighted by Gasteiger charge is -2.12. The highest BCUT2D eigenvalue weighted by atomic mass is 15.2. The fraction of sp³-hybridized carbons (Fsp3) is 0. The average molecular weight is 511 g/mol. The van der Waals surface area contributed by atoms with E-state index in [1.807, 2.05) is 12.1 Å². The maximum absolute atomic E-state index is 5.27. The van der Waals surface area contributed by atoms with Gasteiger partial charge in [-0.15, -0.1) is 0 Å². The Bertz CT molecular complexity index is 2440. The van der Waals surface area contributed by atoms with Gasteiger partial charge in [-0.1, -0.05) is 84.9 Å². The zero-order valence-electron chi connectivity index (χ0n) is 21.5. The number of imidazole rings is 1. The number of aromatic nitrogens is 4. The molecule has 0 unspecified atom stereocenters. The van der Waals surface area contributed by atoms with Crippen LogP contribution in [0.15, 0.2) is 133 Å². The number of hydrogen-bond donors (Lipinski definition) is 0. The van der Waals surface area contributed by atoms with Gasteiger partial charge in [0.1, 0.15) is 5.65 Å². The Morgan fingerprint density at radius 3 is 1.98 bits per heavy atom. The van der Waals surface area contributed by atoms with E-state index in [0.717, 1.165) is 44.6 Å². The second-order valence-corrected chi connectivity index (χ2v) is 10.3.